The molecule has 2 heterocycles. The van der Waals surface area contributed by atoms with Crippen molar-refractivity contribution in [1.82, 2.24) is 10.3 Å². The first-order chi connectivity index (χ1) is 8.24. The zero-order valence-electron chi connectivity index (χ0n) is 9.27. The van der Waals surface area contributed by atoms with Crippen LogP contribution in [0, 0.1) is 0 Å². The average Bonchev–Trinajstić information content (AvgIpc) is 2.68. The van der Waals surface area contributed by atoms with Gasteiger partial charge in [-0.2, -0.15) is 0 Å². The summed E-state index contributed by atoms with van der Waals surface area (Å²) < 4.78 is 0. The molecule has 0 saturated heterocycles. The highest BCUT2D eigenvalue weighted by Gasteiger charge is 2.15. The minimum Gasteiger partial charge on any atom is -0.397 e. The predicted octanol–water partition coefficient (Wildman–Crippen LogP) is 0.957. The summed E-state index contributed by atoms with van der Waals surface area (Å²) in [6.45, 7) is 1.13. The third-order valence-electron chi connectivity index (χ3n) is 2.38. The average molecular weight is 250 g/mol. The fraction of sp³-hybridized carbons (Fsp3) is 0.273. The summed E-state index contributed by atoms with van der Waals surface area (Å²) in [7, 11) is 0. The second kappa shape index (κ2) is 5.11. The van der Waals surface area contributed by atoms with Crippen molar-refractivity contribution in [2.75, 3.05) is 18.8 Å². The van der Waals surface area contributed by atoms with Gasteiger partial charge in [0.15, 0.2) is 0 Å². The highest BCUT2D eigenvalue weighted by Crippen LogP contribution is 2.31. The van der Waals surface area contributed by atoms with Gasteiger partial charge in [-0.05, 0) is 25.1 Å². The molecule has 0 radical (unpaired) electrons. The van der Waals surface area contributed by atoms with E-state index in [-0.39, 0.29) is 5.91 Å². The van der Waals surface area contributed by atoms with Gasteiger partial charge in [-0.15, -0.1) is 11.3 Å². The van der Waals surface area contributed by atoms with Gasteiger partial charge in [0.1, 0.15) is 9.71 Å². The maximum atomic E-state index is 11.9. The van der Waals surface area contributed by atoms with Crippen LogP contribution in [0.2, 0.25) is 0 Å². The number of fused-ring (bicyclic) bond motifs is 1. The highest BCUT2D eigenvalue weighted by molar-refractivity contribution is 7.21. The lowest BCUT2D eigenvalue weighted by Gasteiger charge is -2.02. The molecule has 0 aliphatic heterocycles. The van der Waals surface area contributed by atoms with Crippen molar-refractivity contribution in [3.8, 4) is 0 Å². The summed E-state index contributed by atoms with van der Waals surface area (Å²) in [6, 6.07) is 3.67. The molecule has 0 aromatic carbocycles. The number of amides is 1. The van der Waals surface area contributed by atoms with Gasteiger partial charge < -0.3 is 16.8 Å². The zero-order chi connectivity index (χ0) is 12.3. The number of nitrogens with zero attached hydrogens (tertiary/aromatic N) is 1. The Balaban J connectivity index is 2.23. The number of hydrogen-bond acceptors (Lipinski definition) is 5. The lowest BCUT2D eigenvalue weighted by atomic mass is 10.2. The molecule has 0 fully saturated rings. The van der Waals surface area contributed by atoms with Crippen LogP contribution >= 0.6 is 11.3 Å². The largest absolute Gasteiger partial charge is 0.397 e. The summed E-state index contributed by atoms with van der Waals surface area (Å²) in [5.41, 5.74) is 11.8. The van der Waals surface area contributed by atoms with Gasteiger partial charge >= 0.3 is 0 Å². The van der Waals surface area contributed by atoms with Crippen molar-refractivity contribution < 1.29 is 4.79 Å². The lowest BCUT2D eigenvalue weighted by molar-refractivity contribution is 0.0958. The van der Waals surface area contributed by atoms with Crippen LogP contribution in [0.3, 0.4) is 0 Å². The molecule has 2 rings (SSSR count). The highest BCUT2D eigenvalue weighted by atomic mass is 32.1. The third-order valence-corrected chi connectivity index (χ3v) is 3.51. The summed E-state index contributed by atoms with van der Waals surface area (Å²) in [5.74, 6) is -0.154. The molecule has 2 aromatic heterocycles. The first-order valence-corrected chi connectivity index (χ1v) is 6.17. The summed E-state index contributed by atoms with van der Waals surface area (Å²) in [5, 5.41) is 3.62. The Labute approximate surface area is 103 Å². The van der Waals surface area contributed by atoms with Crippen LogP contribution < -0.4 is 16.8 Å². The first-order valence-electron chi connectivity index (χ1n) is 5.35. The first kappa shape index (κ1) is 11.8. The summed E-state index contributed by atoms with van der Waals surface area (Å²) >= 11 is 1.31. The molecule has 1 amide bonds. The van der Waals surface area contributed by atoms with Gasteiger partial charge in [0.25, 0.3) is 5.91 Å². The van der Waals surface area contributed by atoms with E-state index in [2.05, 4.69) is 10.3 Å². The topological polar surface area (TPSA) is 94.0 Å². The Bertz CT molecular complexity index is 537. The molecule has 0 spiro atoms. The van der Waals surface area contributed by atoms with E-state index in [0.29, 0.717) is 23.7 Å². The van der Waals surface area contributed by atoms with Crippen molar-refractivity contribution >= 4 is 33.1 Å². The Morgan fingerprint density at radius 3 is 3.06 bits per heavy atom. The zero-order valence-corrected chi connectivity index (χ0v) is 10.1. The van der Waals surface area contributed by atoms with Crippen LogP contribution in [-0.4, -0.2) is 24.0 Å². The molecule has 2 aromatic rings. The maximum absolute atomic E-state index is 11.9. The number of carbonyl (C=O) groups is 1. The second-order valence-electron chi connectivity index (χ2n) is 3.60. The number of nitrogens with one attached hydrogen (secondary N) is 1. The van der Waals surface area contributed by atoms with Gasteiger partial charge in [0.05, 0.1) is 5.69 Å². The molecule has 5 N–H and O–H groups in total. The van der Waals surface area contributed by atoms with Gasteiger partial charge in [0, 0.05) is 18.1 Å². The summed E-state index contributed by atoms with van der Waals surface area (Å²) in [4.78, 5) is 17.4. The minimum absolute atomic E-state index is 0.154. The number of hydrogen-bond donors (Lipinski definition) is 3. The molecule has 17 heavy (non-hydrogen) atoms. The standard InChI is InChI=1S/C11H14N4OS/c12-4-2-6-14-10(16)9-8(13)7-3-1-5-15-11(7)17-9/h1,3,5H,2,4,6,12-13H2,(H,14,16). The van der Waals surface area contributed by atoms with E-state index in [9.17, 15) is 4.79 Å². The number of aromatic nitrogens is 1. The van der Waals surface area contributed by atoms with Crippen molar-refractivity contribution in [3.63, 3.8) is 0 Å². The van der Waals surface area contributed by atoms with E-state index >= 15 is 0 Å². The number of nitrogens with two attached hydrogens (primary N) is 2. The van der Waals surface area contributed by atoms with Crippen LogP contribution in [0.1, 0.15) is 16.1 Å². The van der Waals surface area contributed by atoms with E-state index in [1.54, 1.807) is 6.20 Å². The molecule has 5 nitrogen and oxygen atoms in total. The van der Waals surface area contributed by atoms with Gasteiger partial charge in [-0.3, -0.25) is 4.79 Å². The fourth-order valence-corrected chi connectivity index (χ4v) is 2.48. The van der Waals surface area contributed by atoms with Crippen molar-refractivity contribution in [1.29, 1.82) is 0 Å². The van der Waals surface area contributed by atoms with E-state index in [1.165, 1.54) is 11.3 Å². The normalized spacial score (nSPS) is 10.6. The number of carbonyl (C=O) groups excluding carboxylic acids is 1. The number of rotatable bonds is 4. The number of anilines is 1. The van der Waals surface area contributed by atoms with E-state index < -0.39 is 0 Å². The van der Waals surface area contributed by atoms with Crippen LogP contribution in [-0.2, 0) is 0 Å². The molecule has 0 bridgehead atoms. The number of pyridine rings is 1. The lowest BCUT2D eigenvalue weighted by Crippen LogP contribution is -2.25. The molecule has 0 saturated carbocycles. The monoisotopic (exact) mass is 250 g/mol. The molecular formula is C11H14N4OS. The predicted molar refractivity (Wildman–Crippen MR) is 70.0 cm³/mol. The molecule has 0 aliphatic carbocycles. The van der Waals surface area contributed by atoms with Crippen LogP contribution in [0.25, 0.3) is 10.2 Å². The minimum atomic E-state index is -0.154. The van der Waals surface area contributed by atoms with Gasteiger partial charge in [0.2, 0.25) is 0 Å². The molecule has 0 unspecified atom stereocenters. The molecule has 0 aliphatic rings. The molecule has 90 valence electrons. The molecular weight excluding hydrogens is 236 g/mol. The molecule has 0 atom stereocenters. The number of nitrogen functional groups attached to an aromatic ring is 1. The second-order valence-corrected chi connectivity index (χ2v) is 4.60. The van der Waals surface area contributed by atoms with Crippen molar-refractivity contribution in [3.05, 3.63) is 23.2 Å². The Hall–Kier alpha value is -1.66. The van der Waals surface area contributed by atoms with Crippen LogP contribution in [0.15, 0.2) is 18.3 Å². The van der Waals surface area contributed by atoms with Gasteiger partial charge in [-0.25, -0.2) is 4.98 Å². The maximum Gasteiger partial charge on any atom is 0.263 e. The number of thiophene rings is 1. The molecule has 6 heteroatoms. The smallest absolute Gasteiger partial charge is 0.263 e. The fourth-order valence-electron chi connectivity index (χ4n) is 1.50. The third kappa shape index (κ3) is 2.37. The van der Waals surface area contributed by atoms with Crippen molar-refractivity contribution in [2.45, 2.75) is 6.42 Å². The van der Waals surface area contributed by atoms with Crippen LogP contribution in [0.5, 0.6) is 0 Å². The Kier molecular flexibility index (Phi) is 3.55. The van der Waals surface area contributed by atoms with Gasteiger partial charge in [-0.1, -0.05) is 0 Å². The van der Waals surface area contributed by atoms with Crippen LogP contribution in [0.4, 0.5) is 5.69 Å². The van der Waals surface area contributed by atoms with E-state index in [1.807, 2.05) is 12.1 Å². The Morgan fingerprint density at radius 1 is 1.53 bits per heavy atom. The Morgan fingerprint density at radius 2 is 2.35 bits per heavy atom. The summed E-state index contributed by atoms with van der Waals surface area (Å²) in [6.07, 6.45) is 2.45. The van der Waals surface area contributed by atoms with E-state index in [0.717, 1.165) is 16.6 Å². The van der Waals surface area contributed by atoms with E-state index in [4.69, 9.17) is 11.5 Å². The quantitative estimate of drug-likeness (QED) is 0.704. The van der Waals surface area contributed by atoms with Crippen molar-refractivity contribution in [2.24, 2.45) is 5.73 Å². The SMILES string of the molecule is NCCCNC(=O)c1sc2ncccc2c1N.